The topological polar surface area (TPSA) is 225 Å². The van der Waals surface area contributed by atoms with Crippen LogP contribution in [0, 0.1) is 11.8 Å². The first-order valence-corrected chi connectivity index (χ1v) is 24.0. The van der Waals surface area contributed by atoms with Gasteiger partial charge in [0, 0.05) is 81.6 Å². The molecular formula is C45H53N9O8S. The SMILES string of the molecule is CS(=O)(=O)c1ccc(Cc2nc(N3CCC[C@@H](NC(=O)C4CC5CCC(C4)N5CC4CCN(c5ccc6c(c5)C(=O)N(C5CCC(=O)NC5=O)C6=O)CC4)C3)cnc2C(N)=O)cc1. The Labute approximate surface area is 366 Å². The molecule has 0 aliphatic carbocycles. The molecular weight excluding hydrogens is 827 g/mol. The Bertz CT molecular complexity index is 2460. The number of anilines is 2. The summed E-state index contributed by atoms with van der Waals surface area (Å²) in [5, 5.41) is 5.61. The largest absolute Gasteiger partial charge is 0.371 e. The van der Waals surface area contributed by atoms with Crippen LogP contribution in [-0.4, -0.2) is 127 Å². The summed E-state index contributed by atoms with van der Waals surface area (Å²) in [5.74, 6) is -1.56. The molecule has 6 aliphatic rings. The molecule has 18 heteroatoms. The fourth-order valence-corrected chi connectivity index (χ4v) is 11.3. The maximum absolute atomic E-state index is 13.8. The van der Waals surface area contributed by atoms with Gasteiger partial charge in [0.15, 0.2) is 9.84 Å². The first kappa shape index (κ1) is 42.5. The van der Waals surface area contributed by atoms with Gasteiger partial charge in [0.1, 0.15) is 17.6 Å². The third kappa shape index (κ3) is 8.66. The number of fused-ring (bicyclic) bond motifs is 3. The van der Waals surface area contributed by atoms with Crippen molar-refractivity contribution in [2.45, 2.75) is 99.7 Å². The van der Waals surface area contributed by atoms with Crippen molar-refractivity contribution < 1.29 is 37.2 Å². The number of nitrogens with zero attached hydrogens (tertiary/aromatic N) is 6. The molecule has 2 bridgehead atoms. The number of nitrogens with one attached hydrogen (secondary N) is 2. The van der Waals surface area contributed by atoms with Gasteiger partial charge in [-0.2, -0.15) is 0 Å². The minimum atomic E-state index is -3.35. The molecule has 2 aromatic carbocycles. The van der Waals surface area contributed by atoms with E-state index in [4.69, 9.17) is 10.7 Å². The third-order valence-electron chi connectivity index (χ3n) is 14.0. The van der Waals surface area contributed by atoms with Crippen molar-refractivity contribution in [3.05, 3.63) is 76.7 Å². The van der Waals surface area contributed by atoms with Crippen LogP contribution in [0.1, 0.15) is 107 Å². The van der Waals surface area contributed by atoms with Crippen molar-refractivity contribution in [1.82, 2.24) is 30.4 Å². The van der Waals surface area contributed by atoms with Crippen LogP contribution in [0.25, 0.3) is 0 Å². The Morgan fingerprint density at radius 2 is 1.59 bits per heavy atom. The summed E-state index contributed by atoms with van der Waals surface area (Å²) in [4.78, 5) is 94.3. The molecule has 9 rings (SSSR count). The molecule has 5 saturated heterocycles. The number of hydrogen-bond acceptors (Lipinski definition) is 13. The molecule has 3 aromatic rings. The van der Waals surface area contributed by atoms with Crippen LogP contribution in [0.3, 0.4) is 0 Å². The predicted octanol–water partition coefficient (Wildman–Crippen LogP) is 2.22. The number of hydrogen-bond donors (Lipinski definition) is 3. The highest BCUT2D eigenvalue weighted by atomic mass is 32.2. The summed E-state index contributed by atoms with van der Waals surface area (Å²) >= 11 is 0. The van der Waals surface area contributed by atoms with Crippen LogP contribution in [-0.2, 0) is 30.6 Å². The summed E-state index contributed by atoms with van der Waals surface area (Å²) in [6.07, 6.45) is 10.7. The van der Waals surface area contributed by atoms with E-state index in [-0.39, 0.29) is 53.3 Å². The van der Waals surface area contributed by atoms with Crippen LogP contribution >= 0.6 is 0 Å². The first-order valence-electron chi connectivity index (χ1n) is 22.1. The molecule has 5 fully saturated rings. The van der Waals surface area contributed by atoms with Crippen LogP contribution < -0.4 is 26.2 Å². The van der Waals surface area contributed by atoms with Crippen molar-refractivity contribution in [3.8, 4) is 0 Å². The molecule has 6 aliphatic heterocycles. The smallest absolute Gasteiger partial charge is 0.269 e. The Hall–Kier alpha value is -5.75. The molecule has 17 nitrogen and oxygen atoms in total. The minimum Gasteiger partial charge on any atom is -0.371 e. The number of amides is 6. The van der Waals surface area contributed by atoms with Crippen molar-refractivity contribution in [2.24, 2.45) is 17.6 Å². The van der Waals surface area contributed by atoms with Crippen molar-refractivity contribution in [2.75, 3.05) is 48.8 Å². The van der Waals surface area contributed by atoms with Crippen LogP contribution in [0.15, 0.2) is 53.6 Å². The van der Waals surface area contributed by atoms with E-state index in [1.165, 1.54) is 12.1 Å². The molecule has 4 N–H and O–H groups in total. The number of carbonyl (C=O) groups is 6. The standard InChI is InChI=1S/C45H53N9O8S/c1-63(61,62)33-9-4-26(5-10-33)19-36-40(41(46)56)47-23-38(49-36)52-16-2-3-29(25-52)48-42(57)28-20-31-6-7-32(21-28)53(31)24-27-14-17-51(18-15-27)30-8-11-34-35(22-30)45(60)54(44(34)59)37-12-13-39(55)50-43(37)58/h4-5,8-11,22-23,27-29,31-32,37H,2-3,6-7,12-21,24-25H2,1H3,(H2,46,56)(H,48,57)(H,50,55,58)/t28?,29-,31?,32?,37?/m1/s1. The number of aromatic nitrogens is 2. The van der Waals surface area contributed by atoms with E-state index in [9.17, 15) is 37.2 Å². The molecule has 0 spiro atoms. The summed E-state index contributed by atoms with van der Waals surface area (Å²) in [5.41, 5.74) is 8.35. The van der Waals surface area contributed by atoms with Gasteiger partial charge in [0.25, 0.3) is 17.7 Å². The molecule has 63 heavy (non-hydrogen) atoms. The zero-order valence-electron chi connectivity index (χ0n) is 35.3. The van der Waals surface area contributed by atoms with Gasteiger partial charge in [-0.3, -0.25) is 43.9 Å². The Kier molecular flexibility index (Phi) is 11.5. The Balaban J connectivity index is 0.765. The molecule has 4 atom stereocenters. The number of piperidine rings is 4. The lowest BCUT2D eigenvalue weighted by Crippen LogP contribution is -2.54. The Morgan fingerprint density at radius 1 is 0.873 bits per heavy atom. The van der Waals surface area contributed by atoms with E-state index in [0.717, 1.165) is 100.0 Å². The van der Waals surface area contributed by atoms with E-state index >= 15 is 0 Å². The fourth-order valence-electron chi connectivity index (χ4n) is 10.7. The second-order valence-corrected chi connectivity index (χ2v) is 20.1. The molecule has 3 unspecified atom stereocenters. The van der Waals surface area contributed by atoms with E-state index in [1.807, 2.05) is 6.07 Å². The number of sulfone groups is 1. The normalized spacial score (nSPS) is 25.6. The minimum absolute atomic E-state index is 0.0494. The van der Waals surface area contributed by atoms with Gasteiger partial charge < -0.3 is 20.9 Å². The van der Waals surface area contributed by atoms with Crippen LogP contribution in [0.2, 0.25) is 0 Å². The van der Waals surface area contributed by atoms with Crippen molar-refractivity contribution in [3.63, 3.8) is 0 Å². The summed E-state index contributed by atoms with van der Waals surface area (Å²) < 4.78 is 23.9. The van der Waals surface area contributed by atoms with Crippen LogP contribution in [0.4, 0.5) is 11.5 Å². The first-order chi connectivity index (χ1) is 30.2. The monoisotopic (exact) mass is 879 g/mol. The number of primary amides is 1. The summed E-state index contributed by atoms with van der Waals surface area (Å²) in [6, 6.07) is 11.5. The second-order valence-electron chi connectivity index (χ2n) is 18.1. The zero-order valence-corrected chi connectivity index (χ0v) is 36.1. The van der Waals surface area contributed by atoms with Gasteiger partial charge in [-0.1, -0.05) is 12.1 Å². The van der Waals surface area contributed by atoms with Gasteiger partial charge in [-0.05, 0) is 99.6 Å². The average molecular weight is 880 g/mol. The fraction of sp³-hybridized carbons (Fsp3) is 0.511. The van der Waals surface area contributed by atoms with Crippen molar-refractivity contribution in [1.29, 1.82) is 0 Å². The molecule has 0 radical (unpaired) electrons. The molecule has 7 heterocycles. The Morgan fingerprint density at radius 3 is 2.27 bits per heavy atom. The van der Waals surface area contributed by atoms with Crippen molar-refractivity contribution >= 4 is 56.8 Å². The van der Waals surface area contributed by atoms with Gasteiger partial charge in [-0.25, -0.2) is 18.4 Å². The molecule has 1 aromatic heterocycles. The highest BCUT2D eigenvalue weighted by Gasteiger charge is 2.46. The van der Waals surface area contributed by atoms with E-state index in [1.54, 1.807) is 30.5 Å². The molecule has 0 saturated carbocycles. The van der Waals surface area contributed by atoms with Crippen LogP contribution in [0.5, 0.6) is 0 Å². The zero-order chi connectivity index (χ0) is 44.2. The van der Waals surface area contributed by atoms with Gasteiger partial charge >= 0.3 is 0 Å². The number of benzene rings is 2. The lowest BCUT2D eigenvalue weighted by molar-refractivity contribution is -0.136. The number of nitrogens with two attached hydrogens (primary N) is 1. The highest BCUT2D eigenvalue weighted by molar-refractivity contribution is 7.90. The summed E-state index contributed by atoms with van der Waals surface area (Å²) in [6.45, 7) is 3.91. The second kappa shape index (κ2) is 17.1. The van der Waals surface area contributed by atoms with E-state index < -0.39 is 45.4 Å². The number of carbonyl (C=O) groups excluding carboxylic acids is 6. The highest BCUT2D eigenvalue weighted by Crippen LogP contribution is 2.41. The quantitative estimate of drug-likeness (QED) is 0.235. The van der Waals surface area contributed by atoms with Gasteiger partial charge in [0.05, 0.1) is 27.9 Å². The lowest BCUT2D eigenvalue weighted by Gasteiger charge is -2.42. The maximum Gasteiger partial charge on any atom is 0.269 e. The average Bonchev–Trinajstić information content (AvgIpc) is 3.63. The van der Waals surface area contributed by atoms with Gasteiger partial charge in [-0.15, -0.1) is 0 Å². The molecule has 6 amide bonds. The summed E-state index contributed by atoms with van der Waals surface area (Å²) in [7, 11) is -3.35. The number of rotatable bonds is 11. The van der Waals surface area contributed by atoms with E-state index in [0.29, 0.717) is 41.6 Å². The molecule has 332 valence electrons. The van der Waals surface area contributed by atoms with E-state index in [2.05, 4.69) is 30.3 Å². The maximum atomic E-state index is 13.8. The number of imide groups is 2. The lowest BCUT2D eigenvalue weighted by atomic mass is 9.87. The van der Waals surface area contributed by atoms with Gasteiger partial charge in [0.2, 0.25) is 17.7 Å². The predicted molar refractivity (Wildman–Crippen MR) is 231 cm³/mol. The third-order valence-corrected chi connectivity index (χ3v) is 15.1.